The van der Waals surface area contributed by atoms with Gasteiger partial charge >= 0.3 is 0 Å². The van der Waals surface area contributed by atoms with Gasteiger partial charge in [-0.25, -0.2) is 0 Å². The van der Waals surface area contributed by atoms with Crippen LogP contribution < -0.4 is 0 Å². The van der Waals surface area contributed by atoms with Gasteiger partial charge < -0.3 is 9.55 Å². The standard InChI is InChI=1S/C17H18N2S/c1-12-5-3-7-14(11-12)9-10-19-15-8-4-6-13(2)16(15)18-17(19)20/h3-8,11H,9-10H2,1-2H3,(H,18,20). The van der Waals surface area contributed by atoms with Crippen molar-refractivity contribution in [3.8, 4) is 0 Å². The second-order valence-electron chi connectivity index (χ2n) is 5.29. The number of nitrogens with one attached hydrogen (secondary N) is 1. The molecule has 0 unspecified atom stereocenters. The Bertz CT molecular complexity index is 811. The molecule has 0 atom stereocenters. The highest BCUT2D eigenvalue weighted by Gasteiger charge is 2.06. The summed E-state index contributed by atoms with van der Waals surface area (Å²) in [5, 5.41) is 0. The minimum Gasteiger partial charge on any atom is -0.330 e. The molecule has 0 aliphatic heterocycles. The number of nitrogens with zero attached hydrogens (tertiary/aromatic N) is 1. The fraction of sp³-hybridized carbons (Fsp3) is 0.235. The molecule has 0 aliphatic carbocycles. The first-order valence-electron chi connectivity index (χ1n) is 6.89. The van der Waals surface area contributed by atoms with Crippen molar-refractivity contribution in [2.24, 2.45) is 0 Å². The normalized spacial score (nSPS) is 11.1. The molecule has 0 spiro atoms. The van der Waals surface area contributed by atoms with E-state index in [1.807, 2.05) is 0 Å². The van der Waals surface area contributed by atoms with Crippen molar-refractivity contribution in [1.29, 1.82) is 0 Å². The van der Waals surface area contributed by atoms with Crippen LogP contribution in [0.2, 0.25) is 0 Å². The van der Waals surface area contributed by atoms with Crippen LogP contribution in [0.25, 0.3) is 11.0 Å². The zero-order chi connectivity index (χ0) is 14.1. The number of aromatic amines is 1. The van der Waals surface area contributed by atoms with Crippen LogP contribution in [0, 0.1) is 18.6 Å². The van der Waals surface area contributed by atoms with Crippen LogP contribution in [0.5, 0.6) is 0 Å². The van der Waals surface area contributed by atoms with Gasteiger partial charge in [0.25, 0.3) is 0 Å². The quantitative estimate of drug-likeness (QED) is 0.698. The highest BCUT2D eigenvalue weighted by atomic mass is 32.1. The van der Waals surface area contributed by atoms with Crippen LogP contribution in [0.4, 0.5) is 0 Å². The Labute approximate surface area is 124 Å². The molecule has 3 heteroatoms. The Kier molecular flexibility index (Phi) is 3.45. The third kappa shape index (κ3) is 2.41. The van der Waals surface area contributed by atoms with Crippen molar-refractivity contribution in [1.82, 2.24) is 9.55 Å². The fourth-order valence-corrected chi connectivity index (χ4v) is 2.95. The van der Waals surface area contributed by atoms with E-state index in [2.05, 4.69) is 65.9 Å². The van der Waals surface area contributed by atoms with Gasteiger partial charge in [0.2, 0.25) is 0 Å². The number of para-hydroxylation sites is 1. The number of hydrogen-bond acceptors (Lipinski definition) is 1. The van der Waals surface area contributed by atoms with Crippen LogP contribution in [0.3, 0.4) is 0 Å². The SMILES string of the molecule is Cc1cccc(CCn2c(=S)[nH]c3c(C)cccc32)c1. The molecule has 3 aromatic rings. The summed E-state index contributed by atoms with van der Waals surface area (Å²) in [5.74, 6) is 0. The highest BCUT2D eigenvalue weighted by Crippen LogP contribution is 2.18. The molecule has 1 aromatic heterocycles. The first kappa shape index (κ1) is 13.1. The van der Waals surface area contributed by atoms with Crippen molar-refractivity contribution in [2.45, 2.75) is 26.8 Å². The minimum absolute atomic E-state index is 0.807. The smallest absolute Gasteiger partial charge is 0.178 e. The molecule has 0 aliphatic rings. The first-order chi connectivity index (χ1) is 9.65. The Morgan fingerprint density at radius 1 is 1.10 bits per heavy atom. The number of fused-ring (bicyclic) bond motifs is 1. The summed E-state index contributed by atoms with van der Waals surface area (Å²) >= 11 is 5.46. The van der Waals surface area contributed by atoms with Crippen molar-refractivity contribution in [3.63, 3.8) is 0 Å². The third-order valence-corrected chi connectivity index (χ3v) is 4.05. The summed E-state index contributed by atoms with van der Waals surface area (Å²) in [6, 6.07) is 15.0. The maximum atomic E-state index is 5.46. The predicted molar refractivity (Wildman–Crippen MR) is 86.7 cm³/mol. The molecule has 0 saturated carbocycles. The number of aryl methyl sites for hydroxylation is 4. The highest BCUT2D eigenvalue weighted by molar-refractivity contribution is 7.71. The topological polar surface area (TPSA) is 20.7 Å². The molecule has 1 heterocycles. The Morgan fingerprint density at radius 2 is 1.90 bits per heavy atom. The number of imidazole rings is 1. The van der Waals surface area contributed by atoms with Gasteiger partial charge in [-0.1, -0.05) is 42.0 Å². The molecular weight excluding hydrogens is 264 g/mol. The zero-order valence-electron chi connectivity index (χ0n) is 11.8. The summed E-state index contributed by atoms with van der Waals surface area (Å²) in [4.78, 5) is 3.32. The lowest BCUT2D eigenvalue weighted by molar-refractivity contribution is 0.706. The van der Waals surface area contributed by atoms with E-state index in [9.17, 15) is 0 Å². The van der Waals surface area contributed by atoms with Crippen LogP contribution in [0.15, 0.2) is 42.5 Å². The molecular formula is C17H18N2S. The van der Waals surface area contributed by atoms with Crippen molar-refractivity contribution in [2.75, 3.05) is 0 Å². The number of rotatable bonds is 3. The largest absolute Gasteiger partial charge is 0.330 e. The average Bonchev–Trinajstić information content (AvgIpc) is 2.74. The predicted octanol–water partition coefficient (Wildman–Crippen LogP) is 4.56. The number of benzene rings is 2. The third-order valence-electron chi connectivity index (χ3n) is 3.73. The molecule has 2 nitrogen and oxygen atoms in total. The molecule has 0 saturated heterocycles. The van der Waals surface area contributed by atoms with Crippen LogP contribution in [-0.2, 0) is 13.0 Å². The van der Waals surface area contributed by atoms with Crippen LogP contribution in [-0.4, -0.2) is 9.55 Å². The monoisotopic (exact) mass is 282 g/mol. The molecule has 0 fully saturated rings. The molecule has 1 N–H and O–H groups in total. The van der Waals surface area contributed by atoms with E-state index in [1.165, 1.54) is 22.2 Å². The van der Waals surface area contributed by atoms with Gasteiger partial charge in [-0.3, -0.25) is 0 Å². The lowest BCUT2D eigenvalue weighted by Gasteiger charge is -2.06. The summed E-state index contributed by atoms with van der Waals surface area (Å²) in [5.41, 5.74) is 6.25. The van der Waals surface area contributed by atoms with E-state index in [0.717, 1.165) is 23.3 Å². The van der Waals surface area contributed by atoms with E-state index in [4.69, 9.17) is 12.2 Å². The first-order valence-corrected chi connectivity index (χ1v) is 7.29. The zero-order valence-corrected chi connectivity index (χ0v) is 12.6. The number of hydrogen-bond donors (Lipinski definition) is 1. The van der Waals surface area contributed by atoms with Crippen LogP contribution in [0.1, 0.15) is 16.7 Å². The van der Waals surface area contributed by atoms with Crippen molar-refractivity contribution in [3.05, 3.63) is 63.9 Å². The lowest BCUT2D eigenvalue weighted by Crippen LogP contribution is -2.01. The van der Waals surface area contributed by atoms with Crippen LogP contribution >= 0.6 is 12.2 Å². The second-order valence-corrected chi connectivity index (χ2v) is 5.68. The van der Waals surface area contributed by atoms with E-state index in [-0.39, 0.29) is 0 Å². The Balaban J connectivity index is 1.93. The molecule has 102 valence electrons. The fourth-order valence-electron chi connectivity index (χ4n) is 2.65. The van der Waals surface area contributed by atoms with E-state index < -0.39 is 0 Å². The van der Waals surface area contributed by atoms with E-state index in [1.54, 1.807) is 0 Å². The van der Waals surface area contributed by atoms with Gasteiger partial charge in [-0.2, -0.15) is 0 Å². The molecule has 0 bridgehead atoms. The molecule has 0 radical (unpaired) electrons. The number of H-pyrrole nitrogens is 1. The Morgan fingerprint density at radius 3 is 2.70 bits per heavy atom. The summed E-state index contributed by atoms with van der Waals surface area (Å²) in [6.07, 6.45) is 0.997. The summed E-state index contributed by atoms with van der Waals surface area (Å²) < 4.78 is 3.00. The van der Waals surface area contributed by atoms with Gasteiger partial charge in [0.05, 0.1) is 11.0 Å². The van der Waals surface area contributed by atoms with Gasteiger partial charge in [0, 0.05) is 6.54 Å². The maximum Gasteiger partial charge on any atom is 0.178 e. The summed E-state index contributed by atoms with van der Waals surface area (Å²) in [7, 11) is 0. The molecule has 3 rings (SSSR count). The second kappa shape index (κ2) is 5.25. The lowest BCUT2D eigenvalue weighted by atomic mass is 10.1. The van der Waals surface area contributed by atoms with Gasteiger partial charge in [-0.15, -0.1) is 0 Å². The van der Waals surface area contributed by atoms with Gasteiger partial charge in [0.1, 0.15) is 0 Å². The van der Waals surface area contributed by atoms with Gasteiger partial charge in [0.15, 0.2) is 4.77 Å². The Hall–Kier alpha value is -1.87. The minimum atomic E-state index is 0.807. The number of aromatic nitrogens is 2. The van der Waals surface area contributed by atoms with Crippen molar-refractivity contribution >= 4 is 23.3 Å². The molecule has 0 amide bonds. The van der Waals surface area contributed by atoms with Gasteiger partial charge in [-0.05, 0) is 49.7 Å². The average molecular weight is 282 g/mol. The molecule has 20 heavy (non-hydrogen) atoms. The van der Waals surface area contributed by atoms with E-state index >= 15 is 0 Å². The van der Waals surface area contributed by atoms with Crippen molar-refractivity contribution < 1.29 is 0 Å². The van der Waals surface area contributed by atoms with E-state index in [0.29, 0.717) is 0 Å². The maximum absolute atomic E-state index is 5.46. The molecule has 2 aromatic carbocycles. The summed E-state index contributed by atoms with van der Waals surface area (Å²) in [6.45, 7) is 5.15.